The summed E-state index contributed by atoms with van der Waals surface area (Å²) < 4.78 is 7.24. The SMILES string of the molecule is COc1ccc2[nH]c(C(=O)N3C[C@@H](Cn4cnc(=N)c5[nH]cnc54)c4c3cc(O)c3ccccc43)cc2c1. The van der Waals surface area contributed by atoms with Gasteiger partial charge in [-0.3, -0.25) is 10.2 Å². The number of carbonyl (C=O) groups is 1. The number of rotatable bonds is 4. The van der Waals surface area contributed by atoms with Crippen molar-refractivity contribution in [3.8, 4) is 11.5 Å². The number of ether oxygens (including phenoxy) is 1. The van der Waals surface area contributed by atoms with E-state index in [1.54, 1.807) is 30.7 Å². The first kappa shape index (κ1) is 22.1. The largest absolute Gasteiger partial charge is 0.507 e. The third-order valence-corrected chi connectivity index (χ3v) is 7.32. The lowest BCUT2D eigenvalue weighted by atomic mass is 9.94. The molecule has 0 radical (unpaired) electrons. The van der Waals surface area contributed by atoms with E-state index in [9.17, 15) is 9.90 Å². The number of fused-ring (bicyclic) bond motifs is 5. The lowest BCUT2D eigenvalue weighted by Gasteiger charge is -2.18. The molecule has 4 heterocycles. The van der Waals surface area contributed by atoms with Crippen molar-refractivity contribution in [2.45, 2.75) is 12.5 Å². The normalized spacial score (nSPS) is 15.0. The van der Waals surface area contributed by atoms with Crippen molar-refractivity contribution in [3.05, 3.63) is 84.0 Å². The maximum atomic E-state index is 13.9. The molecule has 1 aliphatic rings. The molecule has 0 unspecified atom stereocenters. The van der Waals surface area contributed by atoms with Gasteiger partial charge in [0.25, 0.3) is 5.91 Å². The molecule has 0 fully saturated rings. The Morgan fingerprint density at radius 2 is 2.00 bits per heavy atom. The molecule has 10 heteroatoms. The number of nitrogens with zero attached hydrogens (tertiary/aromatic N) is 4. The second-order valence-corrected chi connectivity index (χ2v) is 9.47. The first-order chi connectivity index (χ1) is 18.5. The fourth-order valence-electron chi connectivity index (χ4n) is 5.56. The summed E-state index contributed by atoms with van der Waals surface area (Å²) in [5.74, 6) is 0.551. The topological polar surface area (TPSA) is 136 Å². The summed E-state index contributed by atoms with van der Waals surface area (Å²) in [7, 11) is 1.61. The smallest absolute Gasteiger partial charge is 0.274 e. The number of phenols is 1. The lowest BCUT2D eigenvalue weighted by molar-refractivity contribution is 0.0984. The number of methoxy groups -OCH3 is 1. The highest BCUT2D eigenvalue weighted by atomic mass is 16.5. The second-order valence-electron chi connectivity index (χ2n) is 9.47. The van der Waals surface area contributed by atoms with Crippen molar-refractivity contribution in [2.75, 3.05) is 18.6 Å². The highest BCUT2D eigenvalue weighted by molar-refractivity contribution is 6.11. The van der Waals surface area contributed by atoms with E-state index in [2.05, 4.69) is 19.9 Å². The van der Waals surface area contributed by atoms with E-state index in [0.29, 0.717) is 41.4 Å². The van der Waals surface area contributed by atoms with Crippen LogP contribution in [0.15, 0.2) is 67.3 Å². The number of imidazole rings is 1. The van der Waals surface area contributed by atoms with Crippen molar-refractivity contribution in [1.82, 2.24) is 24.5 Å². The van der Waals surface area contributed by atoms with E-state index in [1.807, 2.05) is 53.1 Å². The highest BCUT2D eigenvalue weighted by Crippen LogP contribution is 2.46. The van der Waals surface area contributed by atoms with E-state index in [-0.39, 0.29) is 23.1 Å². The fraction of sp³-hybridized carbons (Fsp3) is 0.143. The van der Waals surface area contributed by atoms with Crippen LogP contribution >= 0.6 is 0 Å². The van der Waals surface area contributed by atoms with E-state index < -0.39 is 0 Å². The van der Waals surface area contributed by atoms with Gasteiger partial charge < -0.3 is 29.3 Å². The molecule has 3 aromatic heterocycles. The average molecular weight is 506 g/mol. The first-order valence-electron chi connectivity index (χ1n) is 12.2. The number of amides is 1. The van der Waals surface area contributed by atoms with Crippen LogP contribution in [0.1, 0.15) is 22.0 Å². The molecule has 1 amide bonds. The van der Waals surface area contributed by atoms with Crippen LogP contribution in [0, 0.1) is 5.41 Å². The number of hydrogen-bond donors (Lipinski definition) is 4. The number of carbonyl (C=O) groups excluding carboxylic acids is 1. The zero-order valence-corrected chi connectivity index (χ0v) is 20.4. The van der Waals surface area contributed by atoms with Crippen LogP contribution < -0.4 is 15.1 Å². The molecule has 0 aliphatic carbocycles. The van der Waals surface area contributed by atoms with Crippen LogP contribution in [0.4, 0.5) is 5.69 Å². The minimum absolute atomic E-state index is 0.104. The Hall–Kier alpha value is -5.12. The zero-order valence-electron chi connectivity index (χ0n) is 20.4. The molecule has 188 valence electrons. The van der Waals surface area contributed by atoms with E-state index >= 15 is 0 Å². The summed E-state index contributed by atoms with van der Waals surface area (Å²) in [4.78, 5) is 30.5. The predicted molar refractivity (Wildman–Crippen MR) is 143 cm³/mol. The Morgan fingerprint density at radius 1 is 1.16 bits per heavy atom. The molecule has 6 aromatic rings. The Balaban J connectivity index is 1.35. The van der Waals surface area contributed by atoms with Gasteiger partial charge in [0.1, 0.15) is 22.7 Å². The Morgan fingerprint density at radius 3 is 2.84 bits per heavy atom. The van der Waals surface area contributed by atoms with Crippen LogP contribution in [0.3, 0.4) is 0 Å². The summed E-state index contributed by atoms with van der Waals surface area (Å²) in [5.41, 5.74) is 4.27. The molecule has 0 spiro atoms. The molecule has 10 nitrogen and oxygen atoms in total. The van der Waals surface area contributed by atoms with Crippen molar-refractivity contribution >= 4 is 44.4 Å². The fourth-order valence-corrected chi connectivity index (χ4v) is 5.56. The molecule has 0 saturated carbocycles. The van der Waals surface area contributed by atoms with Crippen LogP contribution in [-0.2, 0) is 6.54 Å². The van der Waals surface area contributed by atoms with Gasteiger partial charge in [0.2, 0.25) is 0 Å². The standard InChI is InChI=1S/C28H23N7O3/c1-38-17-6-7-20-15(8-17)9-21(33-20)28(37)35-12-16(11-34-14-32-26(29)25-27(34)31-13-30-25)24-19-5-3-2-4-18(19)23(36)10-22(24)35/h2-10,13-14,16,29,33,36H,11-12H2,1H3,(H,30,31)/t16-/m1/s1. The molecule has 1 aliphatic heterocycles. The quantitative estimate of drug-likeness (QED) is 0.287. The number of aromatic hydroxyl groups is 1. The van der Waals surface area contributed by atoms with Crippen molar-refractivity contribution < 1.29 is 14.6 Å². The minimum atomic E-state index is -0.187. The van der Waals surface area contributed by atoms with E-state index in [4.69, 9.17) is 10.1 Å². The summed E-state index contributed by atoms with van der Waals surface area (Å²) in [6.07, 6.45) is 3.17. The van der Waals surface area contributed by atoms with Crippen molar-refractivity contribution in [3.63, 3.8) is 0 Å². The summed E-state index contributed by atoms with van der Waals surface area (Å²) in [6, 6.07) is 16.8. The maximum absolute atomic E-state index is 13.9. The summed E-state index contributed by atoms with van der Waals surface area (Å²) in [5, 5.41) is 21.5. The third-order valence-electron chi connectivity index (χ3n) is 7.32. The number of hydrogen-bond acceptors (Lipinski definition) is 6. The van der Waals surface area contributed by atoms with Crippen LogP contribution in [0.25, 0.3) is 32.8 Å². The predicted octanol–water partition coefficient (Wildman–Crippen LogP) is 4.03. The van der Waals surface area contributed by atoms with Gasteiger partial charge in [-0.25, -0.2) is 9.97 Å². The Bertz CT molecular complexity index is 1950. The summed E-state index contributed by atoms with van der Waals surface area (Å²) >= 11 is 0. The first-order valence-corrected chi connectivity index (χ1v) is 12.2. The number of anilines is 1. The van der Waals surface area contributed by atoms with Gasteiger partial charge in [-0.1, -0.05) is 24.3 Å². The van der Waals surface area contributed by atoms with Gasteiger partial charge in [0.05, 0.1) is 25.5 Å². The molecule has 38 heavy (non-hydrogen) atoms. The molecule has 7 rings (SSSR count). The number of aromatic amines is 2. The number of H-pyrrole nitrogens is 2. The molecule has 1 atom stereocenters. The van der Waals surface area contributed by atoms with Gasteiger partial charge >= 0.3 is 0 Å². The molecule has 4 N–H and O–H groups in total. The third kappa shape index (κ3) is 3.27. The number of nitrogens with one attached hydrogen (secondary N) is 3. The van der Waals surface area contributed by atoms with Gasteiger partial charge in [0.15, 0.2) is 11.1 Å². The van der Waals surface area contributed by atoms with Crippen molar-refractivity contribution in [1.29, 1.82) is 5.41 Å². The lowest BCUT2D eigenvalue weighted by Crippen LogP contribution is -2.31. The maximum Gasteiger partial charge on any atom is 0.274 e. The number of phenolic OH excluding ortho intramolecular Hbond substituents is 1. The average Bonchev–Trinajstić information content (AvgIpc) is 3.67. The molecule has 0 saturated heterocycles. The molecular formula is C28H23N7O3. The highest BCUT2D eigenvalue weighted by Gasteiger charge is 2.36. The van der Waals surface area contributed by atoms with E-state index in [1.165, 1.54) is 0 Å². The Labute approximate surface area is 215 Å². The molecule has 3 aromatic carbocycles. The van der Waals surface area contributed by atoms with Gasteiger partial charge in [-0.15, -0.1) is 0 Å². The van der Waals surface area contributed by atoms with Crippen LogP contribution in [-0.4, -0.2) is 49.2 Å². The number of benzene rings is 3. The second kappa shape index (κ2) is 8.20. The molecule has 0 bridgehead atoms. The monoisotopic (exact) mass is 505 g/mol. The minimum Gasteiger partial charge on any atom is -0.507 e. The van der Waals surface area contributed by atoms with Crippen molar-refractivity contribution in [2.24, 2.45) is 0 Å². The van der Waals surface area contributed by atoms with Crippen LogP contribution in [0.2, 0.25) is 0 Å². The van der Waals surface area contributed by atoms with Gasteiger partial charge in [-0.2, -0.15) is 0 Å². The zero-order chi connectivity index (χ0) is 26.0. The Kier molecular flexibility index (Phi) is 4.77. The van der Waals surface area contributed by atoms with E-state index in [0.717, 1.165) is 27.2 Å². The van der Waals surface area contributed by atoms with Gasteiger partial charge in [0, 0.05) is 41.4 Å². The van der Waals surface area contributed by atoms with Crippen LogP contribution in [0.5, 0.6) is 11.5 Å². The van der Waals surface area contributed by atoms with Gasteiger partial charge in [-0.05, 0) is 35.2 Å². The summed E-state index contributed by atoms with van der Waals surface area (Å²) in [6.45, 7) is 0.895. The number of aromatic nitrogens is 5. The molecular weight excluding hydrogens is 482 g/mol.